The van der Waals surface area contributed by atoms with E-state index >= 15 is 0 Å². The summed E-state index contributed by atoms with van der Waals surface area (Å²) in [5.41, 5.74) is 4.11. The molecule has 2 heterocycles. The maximum absolute atomic E-state index is 8.77. The van der Waals surface area contributed by atoms with E-state index in [-0.39, 0.29) is 5.48 Å². The number of aromatic amines is 1. The number of oxime groups is 1. The van der Waals surface area contributed by atoms with Gasteiger partial charge < -0.3 is 15.7 Å². The van der Waals surface area contributed by atoms with Crippen LogP contribution in [0, 0.1) is 13.8 Å². The van der Waals surface area contributed by atoms with Crippen LogP contribution >= 0.6 is 0 Å². The molecule has 6 nitrogen and oxygen atoms in total. The van der Waals surface area contributed by atoms with E-state index in [1.165, 1.54) is 0 Å². The monoisotopic (exact) mass is 248 g/mol. The Kier molecular flexibility index (Phi) is 4.17. The molecule has 0 atom stereocenters. The lowest BCUT2D eigenvalue weighted by Gasteiger charge is -1.99. The summed E-state index contributed by atoms with van der Waals surface area (Å²) in [4.78, 5) is 11.7. The first-order valence-electron chi connectivity index (χ1n) is 5.30. The van der Waals surface area contributed by atoms with E-state index in [1.54, 1.807) is 19.3 Å². The molecule has 0 amide bonds. The van der Waals surface area contributed by atoms with Gasteiger partial charge in [-0.3, -0.25) is 4.98 Å². The third-order valence-electron chi connectivity index (χ3n) is 2.65. The number of rotatable bonds is 2. The van der Waals surface area contributed by atoms with Crippen LogP contribution in [-0.2, 0) is 0 Å². The summed E-state index contributed by atoms with van der Waals surface area (Å²) in [7, 11) is 0. The van der Waals surface area contributed by atoms with Crippen LogP contribution in [0.15, 0.2) is 23.6 Å². The number of pyridine rings is 1. The van der Waals surface area contributed by atoms with E-state index in [1.807, 2.05) is 19.9 Å². The van der Waals surface area contributed by atoms with Gasteiger partial charge in [0.05, 0.1) is 0 Å². The normalized spacial score (nSPS) is 11.2. The molecule has 0 fully saturated rings. The van der Waals surface area contributed by atoms with Gasteiger partial charge in [0.15, 0.2) is 0 Å². The first kappa shape index (κ1) is 13.9. The summed E-state index contributed by atoms with van der Waals surface area (Å²) in [6.45, 7) is 5.59. The zero-order chi connectivity index (χ0) is 12.4. The summed E-state index contributed by atoms with van der Waals surface area (Å²) < 4.78 is 0. The summed E-state index contributed by atoms with van der Waals surface area (Å²) >= 11 is 0. The molecule has 0 saturated carbocycles. The number of nitrogens with one attached hydrogen (secondary N) is 1. The van der Waals surface area contributed by atoms with E-state index in [0.717, 1.165) is 22.6 Å². The lowest BCUT2D eigenvalue weighted by molar-refractivity contribution is 0.319. The van der Waals surface area contributed by atoms with Gasteiger partial charge in [-0.2, -0.15) is 0 Å². The molecular weight excluding hydrogens is 232 g/mol. The molecule has 96 valence electrons. The molecule has 0 bridgehead atoms. The third kappa shape index (κ3) is 2.38. The van der Waals surface area contributed by atoms with Crippen molar-refractivity contribution in [1.82, 2.24) is 15.0 Å². The second-order valence-corrected chi connectivity index (χ2v) is 3.94. The van der Waals surface area contributed by atoms with Gasteiger partial charge in [-0.15, -0.1) is 0 Å². The largest absolute Gasteiger partial charge is 0.412 e. The fourth-order valence-electron chi connectivity index (χ4n) is 1.73. The van der Waals surface area contributed by atoms with Crippen molar-refractivity contribution in [3.8, 4) is 11.4 Å². The molecule has 2 rings (SSSR count). The van der Waals surface area contributed by atoms with Crippen LogP contribution in [0.5, 0.6) is 0 Å². The van der Waals surface area contributed by atoms with Crippen LogP contribution in [0.2, 0.25) is 0 Å². The first-order valence-corrected chi connectivity index (χ1v) is 5.30. The van der Waals surface area contributed by atoms with E-state index in [9.17, 15) is 0 Å². The number of imidazole rings is 1. The van der Waals surface area contributed by atoms with Crippen molar-refractivity contribution in [2.24, 2.45) is 5.16 Å². The number of hydrogen-bond donors (Lipinski definition) is 2. The highest BCUT2D eigenvalue weighted by Gasteiger charge is 2.12. The minimum Gasteiger partial charge on any atom is -0.412 e. The van der Waals surface area contributed by atoms with Crippen molar-refractivity contribution in [3.63, 3.8) is 0 Å². The quantitative estimate of drug-likeness (QED) is 0.477. The molecule has 0 aliphatic heterocycles. The predicted molar refractivity (Wildman–Crippen MR) is 68.9 cm³/mol. The molecule has 0 unspecified atom stereocenters. The second-order valence-electron chi connectivity index (χ2n) is 3.94. The van der Waals surface area contributed by atoms with Gasteiger partial charge in [-0.1, -0.05) is 5.16 Å². The Bertz CT molecular complexity index is 575. The molecular formula is C12H16N4O2. The van der Waals surface area contributed by atoms with Gasteiger partial charge in [-0.05, 0) is 32.4 Å². The zero-order valence-corrected chi connectivity index (χ0v) is 10.5. The van der Waals surface area contributed by atoms with Crippen LogP contribution in [0.4, 0.5) is 0 Å². The Morgan fingerprint density at radius 3 is 2.72 bits per heavy atom. The van der Waals surface area contributed by atoms with Gasteiger partial charge >= 0.3 is 0 Å². The molecule has 4 N–H and O–H groups in total. The zero-order valence-electron chi connectivity index (χ0n) is 10.5. The minimum absolute atomic E-state index is 0. The molecule has 0 aromatic carbocycles. The van der Waals surface area contributed by atoms with Crippen molar-refractivity contribution in [3.05, 3.63) is 35.4 Å². The van der Waals surface area contributed by atoms with Crippen LogP contribution in [0.3, 0.4) is 0 Å². The molecule has 6 heteroatoms. The number of aromatic nitrogens is 3. The van der Waals surface area contributed by atoms with E-state index in [2.05, 4.69) is 20.1 Å². The van der Waals surface area contributed by atoms with Gasteiger partial charge in [0.1, 0.15) is 17.2 Å². The van der Waals surface area contributed by atoms with Crippen molar-refractivity contribution in [1.29, 1.82) is 0 Å². The highest BCUT2D eigenvalue weighted by Crippen LogP contribution is 2.21. The van der Waals surface area contributed by atoms with Crippen LogP contribution < -0.4 is 0 Å². The van der Waals surface area contributed by atoms with Gasteiger partial charge in [-0.25, -0.2) is 4.98 Å². The number of hydrogen-bond acceptors (Lipinski definition) is 4. The van der Waals surface area contributed by atoms with E-state index < -0.39 is 0 Å². The van der Waals surface area contributed by atoms with Crippen LogP contribution in [-0.4, -0.2) is 31.3 Å². The smallest absolute Gasteiger partial charge is 0.138 e. The Labute approximate surface area is 105 Å². The topological polar surface area (TPSA) is 106 Å². The van der Waals surface area contributed by atoms with Crippen molar-refractivity contribution in [2.75, 3.05) is 0 Å². The molecule has 2 aromatic rings. The lowest BCUT2D eigenvalue weighted by Crippen LogP contribution is -1.97. The lowest BCUT2D eigenvalue weighted by atomic mass is 10.1. The molecule has 0 radical (unpaired) electrons. The molecule has 2 aromatic heterocycles. The summed E-state index contributed by atoms with van der Waals surface area (Å²) in [5, 5.41) is 11.9. The van der Waals surface area contributed by atoms with Crippen LogP contribution in [0.25, 0.3) is 11.4 Å². The maximum atomic E-state index is 8.77. The molecule has 0 aliphatic carbocycles. The first-order chi connectivity index (χ1) is 8.13. The average molecular weight is 248 g/mol. The summed E-state index contributed by atoms with van der Waals surface area (Å²) in [6, 6.07) is 1.91. The average Bonchev–Trinajstić information content (AvgIpc) is 2.71. The summed E-state index contributed by atoms with van der Waals surface area (Å²) in [6.07, 6.45) is 3.52. The maximum Gasteiger partial charge on any atom is 0.138 e. The Morgan fingerprint density at radius 2 is 2.11 bits per heavy atom. The van der Waals surface area contributed by atoms with E-state index in [4.69, 9.17) is 5.21 Å². The SMILES string of the molecule is C/C(=N\O)c1nc(-c2ccncc2C)[nH]c1C.O. The predicted octanol–water partition coefficient (Wildman–Crippen LogP) is 1.46. The minimum atomic E-state index is 0. The van der Waals surface area contributed by atoms with Gasteiger partial charge in [0, 0.05) is 23.7 Å². The Balaban J connectivity index is 0.00000162. The Morgan fingerprint density at radius 1 is 1.39 bits per heavy atom. The second kappa shape index (κ2) is 5.42. The van der Waals surface area contributed by atoms with E-state index in [0.29, 0.717) is 11.4 Å². The molecule has 0 spiro atoms. The van der Waals surface area contributed by atoms with Gasteiger partial charge in [0.2, 0.25) is 0 Å². The standard InChI is InChI=1S/C12H14N4O.H2O/c1-7-6-13-5-4-10(7)12-14-8(2)11(15-12)9(3)16-17;/h4-6,17H,1-3H3,(H,14,15);1H2/b16-9+;. The fraction of sp³-hybridized carbons (Fsp3) is 0.250. The number of aryl methyl sites for hydroxylation is 2. The number of nitrogens with zero attached hydrogens (tertiary/aromatic N) is 3. The molecule has 18 heavy (non-hydrogen) atoms. The van der Waals surface area contributed by atoms with Crippen molar-refractivity contribution < 1.29 is 10.7 Å². The van der Waals surface area contributed by atoms with Crippen LogP contribution in [0.1, 0.15) is 23.9 Å². The van der Waals surface area contributed by atoms with Crippen molar-refractivity contribution in [2.45, 2.75) is 20.8 Å². The molecule has 0 saturated heterocycles. The highest BCUT2D eigenvalue weighted by molar-refractivity contribution is 5.98. The fourth-order valence-corrected chi connectivity index (χ4v) is 1.73. The molecule has 0 aliphatic rings. The van der Waals surface area contributed by atoms with Crippen molar-refractivity contribution >= 4 is 5.71 Å². The number of H-pyrrole nitrogens is 1. The highest BCUT2D eigenvalue weighted by atomic mass is 16.4. The summed E-state index contributed by atoms with van der Waals surface area (Å²) in [5.74, 6) is 0.764. The van der Waals surface area contributed by atoms with Gasteiger partial charge in [0.25, 0.3) is 0 Å². The third-order valence-corrected chi connectivity index (χ3v) is 2.65. The Hall–Kier alpha value is -2.21.